The van der Waals surface area contributed by atoms with Crippen molar-refractivity contribution in [1.29, 1.82) is 0 Å². The fraction of sp³-hybridized carbons (Fsp3) is 0.316. The molecule has 0 amide bonds. The van der Waals surface area contributed by atoms with E-state index in [1.807, 2.05) is 48.5 Å². The summed E-state index contributed by atoms with van der Waals surface area (Å²) in [7, 11) is 0. The first-order valence-electron chi connectivity index (χ1n) is 7.45. The van der Waals surface area contributed by atoms with Crippen molar-refractivity contribution in [3.63, 3.8) is 0 Å². The van der Waals surface area contributed by atoms with Crippen LogP contribution in [0.2, 0.25) is 0 Å². The Morgan fingerprint density at radius 3 is 2.36 bits per heavy atom. The number of para-hydroxylation sites is 1. The van der Waals surface area contributed by atoms with Gasteiger partial charge in [-0.25, -0.2) is 0 Å². The first kappa shape index (κ1) is 16.2. The zero-order chi connectivity index (χ0) is 16.2. The molecule has 0 fully saturated rings. The summed E-state index contributed by atoms with van der Waals surface area (Å²) >= 11 is 0. The van der Waals surface area contributed by atoms with Gasteiger partial charge in [0.1, 0.15) is 5.75 Å². The first-order valence-corrected chi connectivity index (χ1v) is 7.45. The SMILES string of the molecule is CC(C)(C)c1cccc(C=NC[C@H](O)c2ccccc2)c1O. The summed E-state index contributed by atoms with van der Waals surface area (Å²) in [5, 5.41) is 20.4. The highest BCUT2D eigenvalue weighted by Gasteiger charge is 2.19. The topological polar surface area (TPSA) is 52.8 Å². The molecule has 2 aromatic carbocycles. The van der Waals surface area contributed by atoms with Crippen LogP contribution in [0.3, 0.4) is 0 Å². The van der Waals surface area contributed by atoms with E-state index in [-0.39, 0.29) is 17.7 Å². The largest absolute Gasteiger partial charge is 0.507 e. The van der Waals surface area contributed by atoms with Crippen molar-refractivity contribution in [2.75, 3.05) is 6.54 Å². The van der Waals surface area contributed by atoms with Gasteiger partial charge in [0.2, 0.25) is 0 Å². The Bertz CT molecular complexity index is 642. The Morgan fingerprint density at radius 1 is 1.05 bits per heavy atom. The average molecular weight is 297 g/mol. The van der Waals surface area contributed by atoms with Crippen LogP contribution < -0.4 is 0 Å². The maximum absolute atomic E-state index is 10.4. The van der Waals surface area contributed by atoms with E-state index in [0.717, 1.165) is 11.1 Å². The van der Waals surface area contributed by atoms with Gasteiger partial charge in [0, 0.05) is 11.8 Å². The van der Waals surface area contributed by atoms with Crippen molar-refractivity contribution in [3.05, 3.63) is 65.2 Å². The predicted octanol–water partition coefficient (Wildman–Crippen LogP) is 3.84. The molecule has 0 aliphatic rings. The van der Waals surface area contributed by atoms with Gasteiger partial charge >= 0.3 is 0 Å². The molecular formula is C19H23NO2. The van der Waals surface area contributed by atoms with Gasteiger partial charge in [0.15, 0.2) is 0 Å². The number of hydrogen-bond acceptors (Lipinski definition) is 3. The van der Waals surface area contributed by atoms with E-state index >= 15 is 0 Å². The quantitative estimate of drug-likeness (QED) is 0.842. The van der Waals surface area contributed by atoms with Crippen LogP contribution in [0.15, 0.2) is 53.5 Å². The van der Waals surface area contributed by atoms with Crippen LogP contribution in [0.1, 0.15) is 43.6 Å². The molecule has 0 aliphatic heterocycles. The van der Waals surface area contributed by atoms with Gasteiger partial charge < -0.3 is 10.2 Å². The van der Waals surface area contributed by atoms with E-state index in [1.54, 1.807) is 6.21 Å². The molecule has 3 nitrogen and oxygen atoms in total. The highest BCUT2D eigenvalue weighted by molar-refractivity contribution is 5.84. The van der Waals surface area contributed by atoms with Crippen LogP contribution in [0.4, 0.5) is 0 Å². The minimum absolute atomic E-state index is 0.127. The predicted molar refractivity (Wildman–Crippen MR) is 90.7 cm³/mol. The number of phenols is 1. The van der Waals surface area contributed by atoms with Crippen LogP contribution in [0.5, 0.6) is 5.75 Å². The molecule has 0 saturated carbocycles. The summed E-state index contributed by atoms with van der Waals surface area (Å²) in [6.45, 7) is 6.44. The summed E-state index contributed by atoms with van der Waals surface area (Å²) in [5.74, 6) is 0.257. The second-order valence-electron chi connectivity index (χ2n) is 6.41. The van der Waals surface area contributed by atoms with Gasteiger partial charge in [0.05, 0.1) is 12.6 Å². The summed E-state index contributed by atoms with van der Waals surface area (Å²) in [4.78, 5) is 4.27. The molecule has 0 aliphatic carbocycles. The molecule has 2 N–H and O–H groups in total. The second-order valence-corrected chi connectivity index (χ2v) is 6.41. The van der Waals surface area contributed by atoms with Crippen LogP contribution in [0.25, 0.3) is 0 Å². The average Bonchev–Trinajstić information content (AvgIpc) is 2.48. The van der Waals surface area contributed by atoms with E-state index < -0.39 is 6.10 Å². The Kier molecular flexibility index (Phi) is 4.99. The molecule has 0 bridgehead atoms. The zero-order valence-electron chi connectivity index (χ0n) is 13.3. The van der Waals surface area contributed by atoms with Gasteiger partial charge in [-0.2, -0.15) is 0 Å². The van der Waals surface area contributed by atoms with Gasteiger partial charge in [-0.1, -0.05) is 63.2 Å². The van der Waals surface area contributed by atoms with E-state index in [1.165, 1.54) is 0 Å². The highest BCUT2D eigenvalue weighted by atomic mass is 16.3. The fourth-order valence-corrected chi connectivity index (χ4v) is 2.30. The maximum atomic E-state index is 10.4. The summed E-state index contributed by atoms with van der Waals surface area (Å²) in [6.07, 6.45) is 0.988. The summed E-state index contributed by atoms with van der Waals surface area (Å²) in [5.41, 5.74) is 2.28. The molecule has 2 aromatic rings. The maximum Gasteiger partial charge on any atom is 0.128 e. The van der Waals surface area contributed by atoms with Crippen LogP contribution in [-0.2, 0) is 5.41 Å². The lowest BCUT2D eigenvalue weighted by Crippen LogP contribution is -2.12. The van der Waals surface area contributed by atoms with E-state index in [2.05, 4.69) is 25.8 Å². The number of benzene rings is 2. The number of aromatic hydroxyl groups is 1. The van der Waals surface area contributed by atoms with Crippen molar-refractivity contribution in [2.24, 2.45) is 4.99 Å². The molecule has 1 atom stereocenters. The van der Waals surface area contributed by atoms with E-state index in [9.17, 15) is 10.2 Å². The van der Waals surface area contributed by atoms with Crippen LogP contribution in [0, 0.1) is 0 Å². The standard InChI is InChI=1S/C19H23NO2/c1-19(2,3)16-11-7-10-15(18(16)22)12-20-13-17(21)14-8-5-4-6-9-14/h4-12,17,21-22H,13H2,1-3H3/t17-/m0/s1. The molecular weight excluding hydrogens is 274 g/mol. The summed E-state index contributed by atoms with van der Waals surface area (Å²) in [6, 6.07) is 15.1. The monoisotopic (exact) mass is 297 g/mol. The van der Waals surface area contributed by atoms with E-state index in [4.69, 9.17) is 0 Å². The van der Waals surface area contributed by atoms with Gasteiger partial charge in [-0.3, -0.25) is 4.99 Å². The van der Waals surface area contributed by atoms with Crippen LogP contribution in [-0.4, -0.2) is 23.0 Å². The summed E-state index contributed by atoms with van der Waals surface area (Å²) < 4.78 is 0. The van der Waals surface area contributed by atoms with Gasteiger partial charge in [-0.05, 0) is 22.6 Å². The third kappa shape index (κ3) is 3.95. The number of phenolic OH excluding ortho intramolecular Hbond substituents is 1. The van der Waals surface area contributed by atoms with Gasteiger partial charge in [-0.15, -0.1) is 0 Å². The second kappa shape index (κ2) is 6.75. The molecule has 116 valence electrons. The Labute approximate surface area is 132 Å². The molecule has 0 saturated heterocycles. The Balaban J connectivity index is 2.11. The highest BCUT2D eigenvalue weighted by Crippen LogP contribution is 2.32. The lowest BCUT2D eigenvalue weighted by atomic mass is 9.85. The first-order chi connectivity index (χ1) is 10.4. The third-order valence-corrected chi connectivity index (χ3v) is 3.57. The molecule has 2 rings (SSSR count). The zero-order valence-corrected chi connectivity index (χ0v) is 13.3. The molecule has 0 spiro atoms. The van der Waals surface area contributed by atoms with Crippen molar-refractivity contribution >= 4 is 6.21 Å². The minimum Gasteiger partial charge on any atom is -0.507 e. The van der Waals surface area contributed by atoms with Crippen molar-refractivity contribution in [2.45, 2.75) is 32.3 Å². The number of nitrogens with zero attached hydrogens (tertiary/aromatic N) is 1. The lowest BCUT2D eigenvalue weighted by Gasteiger charge is -2.21. The molecule has 0 heterocycles. The van der Waals surface area contributed by atoms with Crippen LogP contribution >= 0.6 is 0 Å². The number of rotatable bonds is 4. The van der Waals surface area contributed by atoms with Crippen molar-refractivity contribution in [1.82, 2.24) is 0 Å². The lowest BCUT2D eigenvalue weighted by molar-refractivity contribution is 0.187. The number of aliphatic hydroxyl groups excluding tert-OH is 1. The fourth-order valence-electron chi connectivity index (χ4n) is 2.30. The third-order valence-electron chi connectivity index (χ3n) is 3.57. The Morgan fingerprint density at radius 2 is 1.73 bits per heavy atom. The molecule has 22 heavy (non-hydrogen) atoms. The number of aliphatic imine (C=N–C) groups is 1. The Hall–Kier alpha value is -2.13. The van der Waals surface area contributed by atoms with Gasteiger partial charge in [0.25, 0.3) is 0 Å². The smallest absolute Gasteiger partial charge is 0.128 e. The van der Waals surface area contributed by atoms with E-state index in [0.29, 0.717) is 5.56 Å². The minimum atomic E-state index is -0.634. The molecule has 0 unspecified atom stereocenters. The molecule has 0 aromatic heterocycles. The molecule has 0 radical (unpaired) electrons. The van der Waals surface area contributed by atoms with Crippen molar-refractivity contribution in [3.8, 4) is 5.75 Å². The number of aliphatic hydroxyl groups is 1. The molecule has 3 heteroatoms. The van der Waals surface area contributed by atoms with Crippen molar-refractivity contribution < 1.29 is 10.2 Å². The number of hydrogen-bond donors (Lipinski definition) is 2. The normalized spacial score (nSPS) is 13.5.